The highest BCUT2D eigenvalue weighted by molar-refractivity contribution is 5.84. The lowest BCUT2D eigenvalue weighted by Crippen LogP contribution is -2.59. The molecular formula is C28H29F4N3O4. The van der Waals surface area contributed by atoms with Crippen molar-refractivity contribution in [1.82, 2.24) is 14.8 Å². The zero-order valence-corrected chi connectivity index (χ0v) is 20.9. The van der Waals surface area contributed by atoms with Crippen LogP contribution in [0.2, 0.25) is 0 Å². The Morgan fingerprint density at radius 2 is 1.79 bits per heavy atom. The van der Waals surface area contributed by atoms with Crippen molar-refractivity contribution >= 4 is 22.8 Å². The van der Waals surface area contributed by atoms with E-state index in [1.54, 1.807) is 17.0 Å². The molecule has 2 aromatic carbocycles. The molecule has 0 radical (unpaired) electrons. The number of hydrogen-bond acceptors (Lipinski definition) is 4. The maximum atomic E-state index is 15.2. The molecule has 6 rings (SSSR count). The molecule has 11 heteroatoms. The van der Waals surface area contributed by atoms with Crippen LogP contribution < -0.4 is 0 Å². The highest BCUT2D eigenvalue weighted by Crippen LogP contribution is 2.36. The summed E-state index contributed by atoms with van der Waals surface area (Å²) >= 11 is 0. The Morgan fingerprint density at radius 3 is 2.44 bits per heavy atom. The Bertz CT molecular complexity index is 1450. The fraction of sp³-hybridized carbons (Fsp3) is 0.429. The minimum Gasteiger partial charge on any atom is -0.475 e. The molecule has 2 N–H and O–H groups in total. The molecule has 3 fully saturated rings. The second-order valence-electron chi connectivity index (χ2n) is 10.1. The number of halogens is 4. The van der Waals surface area contributed by atoms with Gasteiger partial charge in [-0.25, -0.2) is 9.18 Å². The molecule has 0 bridgehead atoms. The number of fused-ring (bicyclic) bond motifs is 1. The van der Waals surface area contributed by atoms with E-state index in [0.29, 0.717) is 44.1 Å². The van der Waals surface area contributed by atoms with Gasteiger partial charge in [0.15, 0.2) is 0 Å². The van der Waals surface area contributed by atoms with E-state index < -0.39 is 30.1 Å². The van der Waals surface area contributed by atoms with Crippen LogP contribution in [0.15, 0.2) is 48.7 Å². The number of carbonyl (C=O) groups excluding carboxylic acids is 1. The summed E-state index contributed by atoms with van der Waals surface area (Å²) in [5.74, 6) is -3.25. The van der Waals surface area contributed by atoms with Crippen LogP contribution in [0.3, 0.4) is 0 Å². The molecule has 0 atom stereocenters. The summed E-state index contributed by atoms with van der Waals surface area (Å²) < 4.78 is 70.5. The third-order valence-corrected chi connectivity index (χ3v) is 7.32. The van der Waals surface area contributed by atoms with Crippen LogP contribution in [0.25, 0.3) is 22.0 Å². The number of ether oxygens (including phenoxy) is 1. The van der Waals surface area contributed by atoms with Crippen molar-refractivity contribution in [3.05, 3.63) is 60.0 Å². The van der Waals surface area contributed by atoms with Crippen LogP contribution in [0.1, 0.15) is 34.0 Å². The third kappa shape index (κ3) is 6.25. The van der Waals surface area contributed by atoms with Gasteiger partial charge in [0.2, 0.25) is 5.91 Å². The van der Waals surface area contributed by atoms with E-state index in [0.717, 1.165) is 29.3 Å². The monoisotopic (exact) mass is 549 g/mol. The Hall–Kier alpha value is -3.44. The van der Waals surface area contributed by atoms with Crippen molar-refractivity contribution in [2.24, 2.45) is 0 Å². The molecule has 1 aromatic heterocycles. The van der Waals surface area contributed by atoms with Crippen LogP contribution >= 0.6 is 0 Å². The number of rotatable bonds is 4. The Labute approximate surface area is 225 Å². The van der Waals surface area contributed by atoms with Gasteiger partial charge in [0.05, 0.1) is 12.1 Å². The van der Waals surface area contributed by atoms with Crippen molar-refractivity contribution in [2.45, 2.75) is 50.0 Å². The number of nitrogens with one attached hydrogen (secondary N) is 1. The molecule has 1 saturated carbocycles. The van der Waals surface area contributed by atoms with E-state index >= 15 is 4.39 Å². The molecule has 3 aliphatic rings. The first-order chi connectivity index (χ1) is 19.3. The van der Waals surface area contributed by atoms with E-state index in [2.05, 4.69) is 4.98 Å². The zero-order chi connectivity index (χ0) is 29.6. The number of nitrogens with zero attached hydrogens (tertiary/aromatic N) is 2. The van der Waals surface area contributed by atoms with Gasteiger partial charge in [0.1, 0.15) is 12.4 Å². The highest BCUT2D eigenvalue weighted by Gasteiger charge is 2.46. The molecule has 7 nitrogen and oxygen atoms in total. The van der Waals surface area contributed by atoms with Gasteiger partial charge in [-0.2, -0.15) is 13.2 Å². The van der Waals surface area contributed by atoms with Gasteiger partial charge in [-0.05, 0) is 60.4 Å². The predicted molar refractivity (Wildman–Crippen MR) is 135 cm³/mol. The average Bonchev–Trinajstić information content (AvgIpc) is 3.66. The summed E-state index contributed by atoms with van der Waals surface area (Å²) in [5.41, 5.74) is 2.21. The van der Waals surface area contributed by atoms with E-state index in [-0.39, 0.29) is 18.1 Å². The van der Waals surface area contributed by atoms with Crippen LogP contribution in [0.5, 0.6) is 0 Å². The molecule has 3 aromatic rings. The second kappa shape index (κ2) is 10.6. The van der Waals surface area contributed by atoms with Crippen LogP contribution in [0, 0.1) is 5.82 Å². The number of piperidine rings is 1. The summed E-state index contributed by atoms with van der Waals surface area (Å²) in [6.07, 6.45) is 0.155. The normalized spacial score (nSPS) is 20.8. The SMILES string of the molecule is O=C(O)C(F)(F)F.[2H]C([2H])(c1ccc(-c2ccc3cc[nH]c3c2)cc1F)N1CCC2(CC1)CN(C1CC1)C(=O)CO2. The first-order valence-electron chi connectivity index (χ1n) is 13.7. The van der Waals surface area contributed by atoms with E-state index in [9.17, 15) is 18.0 Å². The number of aromatic nitrogens is 1. The number of morpholine rings is 1. The van der Waals surface area contributed by atoms with E-state index in [1.165, 1.54) is 6.07 Å². The number of aromatic amines is 1. The number of carboxylic acid groups (broad SMARTS) is 1. The lowest BCUT2D eigenvalue weighted by molar-refractivity contribution is -0.192. The number of amides is 1. The standard InChI is InChI=1S/C26H28FN3O2.C2HF3O2/c27-23-13-19(20-2-1-18-7-10-28-24(18)14-20)3-4-21(23)15-29-11-8-26(9-12-29)17-30(22-5-6-22)25(31)16-32-26;3-2(4,5)1(6)7/h1-4,7,10,13-14,22,28H,5-6,8-9,11-12,15-17H2;(H,6,7)/i15D2;. The molecule has 2 saturated heterocycles. The lowest BCUT2D eigenvalue weighted by atomic mass is 9.89. The number of carboxylic acids is 1. The fourth-order valence-corrected chi connectivity index (χ4v) is 4.97. The Kier molecular flexibility index (Phi) is 6.69. The van der Waals surface area contributed by atoms with E-state index in [4.69, 9.17) is 17.4 Å². The minimum atomic E-state index is -5.08. The molecule has 208 valence electrons. The number of likely N-dealkylation sites (tertiary alicyclic amines) is 1. The molecule has 39 heavy (non-hydrogen) atoms. The minimum absolute atomic E-state index is 0.0486. The molecule has 2 aliphatic heterocycles. The van der Waals surface area contributed by atoms with Gasteiger partial charge >= 0.3 is 12.1 Å². The molecule has 1 spiro atoms. The van der Waals surface area contributed by atoms with Crippen molar-refractivity contribution in [3.63, 3.8) is 0 Å². The number of benzene rings is 2. The van der Waals surface area contributed by atoms with Gasteiger partial charge < -0.3 is 19.7 Å². The molecular weight excluding hydrogens is 518 g/mol. The quantitative estimate of drug-likeness (QED) is 0.450. The van der Waals surface area contributed by atoms with Gasteiger partial charge in [-0.15, -0.1) is 0 Å². The zero-order valence-electron chi connectivity index (χ0n) is 22.9. The second-order valence-corrected chi connectivity index (χ2v) is 10.1. The summed E-state index contributed by atoms with van der Waals surface area (Å²) in [4.78, 5) is 27.9. The lowest BCUT2D eigenvalue weighted by Gasteiger charge is -2.47. The largest absolute Gasteiger partial charge is 0.490 e. The maximum absolute atomic E-state index is 15.2. The van der Waals surface area contributed by atoms with Gasteiger partial charge in [-0.1, -0.05) is 24.3 Å². The maximum Gasteiger partial charge on any atom is 0.490 e. The average molecular weight is 550 g/mol. The first-order valence-corrected chi connectivity index (χ1v) is 12.7. The number of hydrogen-bond donors (Lipinski definition) is 2. The van der Waals surface area contributed by atoms with Crippen molar-refractivity contribution in [2.75, 3.05) is 26.2 Å². The van der Waals surface area contributed by atoms with Crippen molar-refractivity contribution in [1.29, 1.82) is 0 Å². The molecule has 0 unspecified atom stereocenters. The third-order valence-electron chi connectivity index (χ3n) is 7.32. The number of alkyl halides is 3. The topological polar surface area (TPSA) is 85.9 Å². The smallest absolute Gasteiger partial charge is 0.475 e. The highest BCUT2D eigenvalue weighted by atomic mass is 19.4. The molecule has 3 heterocycles. The number of carbonyl (C=O) groups is 2. The van der Waals surface area contributed by atoms with Gasteiger partial charge in [-0.3, -0.25) is 9.69 Å². The van der Waals surface area contributed by atoms with Crippen molar-refractivity contribution < 1.29 is 39.7 Å². The number of H-pyrrole nitrogens is 1. The van der Waals surface area contributed by atoms with Crippen LogP contribution in [-0.2, 0) is 20.8 Å². The van der Waals surface area contributed by atoms with Gasteiger partial charge in [0, 0.05) is 45.6 Å². The van der Waals surface area contributed by atoms with Crippen LogP contribution in [0.4, 0.5) is 17.6 Å². The Balaban J connectivity index is 0.000000431. The summed E-state index contributed by atoms with van der Waals surface area (Å²) in [5, 5.41) is 8.21. The molecule has 1 amide bonds. The van der Waals surface area contributed by atoms with Crippen LogP contribution in [-0.4, -0.2) is 75.8 Å². The fourth-order valence-electron chi connectivity index (χ4n) is 4.97. The molecule has 1 aliphatic carbocycles. The summed E-state index contributed by atoms with van der Waals surface area (Å²) in [7, 11) is 0. The predicted octanol–water partition coefficient (Wildman–Crippen LogP) is 4.96. The van der Waals surface area contributed by atoms with E-state index in [1.807, 2.05) is 35.4 Å². The summed E-state index contributed by atoms with van der Waals surface area (Å²) in [6.45, 7) is -0.349. The number of aliphatic carboxylic acids is 1. The summed E-state index contributed by atoms with van der Waals surface area (Å²) in [6, 6.07) is 13.0. The van der Waals surface area contributed by atoms with Gasteiger partial charge in [0.25, 0.3) is 0 Å². The van der Waals surface area contributed by atoms with Crippen molar-refractivity contribution in [3.8, 4) is 11.1 Å². The first kappa shape index (κ1) is 24.6. The Morgan fingerprint density at radius 1 is 1.13 bits per heavy atom.